The van der Waals surface area contributed by atoms with Gasteiger partial charge in [-0.05, 0) is 45.9 Å². The highest BCUT2D eigenvalue weighted by atomic mass is 79.9. The second-order valence-corrected chi connectivity index (χ2v) is 4.98. The average Bonchev–Trinajstić information content (AvgIpc) is 2.88. The quantitative estimate of drug-likeness (QED) is 0.660. The smallest absolute Gasteiger partial charge is 0.271 e. The molecule has 1 atom stereocenters. The molecule has 9 heteroatoms. The van der Waals surface area contributed by atoms with Crippen molar-refractivity contribution in [2.75, 3.05) is 6.54 Å². The Hall–Kier alpha value is -1.87. The van der Waals surface area contributed by atoms with E-state index in [1.807, 2.05) is 13.8 Å². The summed E-state index contributed by atoms with van der Waals surface area (Å²) in [6.45, 7) is 4.68. The lowest BCUT2D eigenvalue weighted by Crippen LogP contribution is -2.21. The summed E-state index contributed by atoms with van der Waals surface area (Å²) in [5, 5.41) is 25.6. The minimum atomic E-state index is -0.451. The number of nitro benzene ring substituents is 1. The third-order valence-electron chi connectivity index (χ3n) is 2.76. The van der Waals surface area contributed by atoms with Gasteiger partial charge in [0.05, 0.1) is 16.7 Å². The van der Waals surface area contributed by atoms with Crippen LogP contribution in [0.3, 0.4) is 0 Å². The van der Waals surface area contributed by atoms with Gasteiger partial charge in [0, 0.05) is 16.6 Å². The van der Waals surface area contributed by atoms with Crippen LogP contribution in [0.15, 0.2) is 22.7 Å². The van der Waals surface area contributed by atoms with Crippen molar-refractivity contribution in [2.24, 2.45) is 0 Å². The molecule has 0 aliphatic rings. The van der Waals surface area contributed by atoms with Crippen LogP contribution in [0, 0.1) is 10.1 Å². The fraction of sp³-hybridized carbons (Fsp3) is 0.364. The SMILES string of the molecule is CCNC(C)c1nnnn1-c1cc([N+](=O)[O-])ccc1Br. The molecule has 20 heavy (non-hydrogen) atoms. The fourth-order valence-electron chi connectivity index (χ4n) is 1.81. The lowest BCUT2D eigenvalue weighted by molar-refractivity contribution is -0.384. The first kappa shape index (κ1) is 14.5. The van der Waals surface area contributed by atoms with Crippen molar-refractivity contribution in [3.63, 3.8) is 0 Å². The molecule has 0 aliphatic carbocycles. The topological polar surface area (TPSA) is 98.8 Å². The monoisotopic (exact) mass is 340 g/mol. The van der Waals surface area contributed by atoms with E-state index in [1.54, 1.807) is 6.07 Å². The molecule has 8 nitrogen and oxygen atoms in total. The lowest BCUT2D eigenvalue weighted by Gasteiger charge is -2.12. The summed E-state index contributed by atoms with van der Waals surface area (Å²) in [6.07, 6.45) is 0. The van der Waals surface area contributed by atoms with Gasteiger partial charge in [-0.1, -0.05) is 6.92 Å². The van der Waals surface area contributed by atoms with Crippen LogP contribution < -0.4 is 5.32 Å². The normalized spacial score (nSPS) is 12.3. The zero-order valence-electron chi connectivity index (χ0n) is 10.9. The summed E-state index contributed by atoms with van der Waals surface area (Å²) in [6, 6.07) is 4.39. The van der Waals surface area contributed by atoms with Crippen molar-refractivity contribution < 1.29 is 4.92 Å². The Kier molecular flexibility index (Phi) is 4.40. The number of nitro groups is 1. The molecule has 0 spiro atoms. The van der Waals surface area contributed by atoms with Gasteiger partial charge in [0.15, 0.2) is 5.82 Å². The maximum atomic E-state index is 10.9. The van der Waals surface area contributed by atoms with E-state index in [0.29, 0.717) is 16.0 Å². The van der Waals surface area contributed by atoms with E-state index in [-0.39, 0.29) is 11.7 Å². The molecule has 1 unspecified atom stereocenters. The van der Waals surface area contributed by atoms with E-state index in [1.165, 1.54) is 16.8 Å². The Morgan fingerprint density at radius 3 is 2.95 bits per heavy atom. The van der Waals surface area contributed by atoms with Crippen LogP contribution in [-0.4, -0.2) is 31.7 Å². The highest BCUT2D eigenvalue weighted by Gasteiger charge is 2.18. The van der Waals surface area contributed by atoms with Gasteiger partial charge in [-0.3, -0.25) is 10.1 Å². The molecule has 0 fully saturated rings. The molecule has 0 radical (unpaired) electrons. The molecule has 2 aromatic rings. The van der Waals surface area contributed by atoms with E-state index >= 15 is 0 Å². The highest BCUT2D eigenvalue weighted by molar-refractivity contribution is 9.10. The molecular formula is C11H13BrN6O2. The zero-order chi connectivity index (χ0) is 14.7. The standard InChI is InChI=1S/C11H13BrN6O2/c1-3-13-7(2)11-14-15-16-17(11)10-6-8(18(19)20)4-5-9(10)12/h4-7,13H,3H2,1-2H3. The van der Waals surface area contributed by atoms with Crippen molar-refractivity contribution in [1.82, 2.24) is 25.5 Å². The molecule has 0 saturated heterocycles. The molecule has 1 aromatic heterocycles. The molecule has 1 heterocycles. The van der Waals surface area contributed by atoms with Crippen molar-refractivity contribution in [3.8, 4) is 5.69 Å². The molecule has 1 aromatic carbocycles. The van der Waals surface area contributed by atoms with Crippen LogP contribution in [0.5, 0.6) is 0 Å². The number of benzene rings is 1. The second kappa shape index (κ2) is 6.06. The Bertz CT molecular complexity index is 629. The summed E-state index contributed by atoms with van der Waals surface area (Å²) in [5.41, 5.74) is 0.518. The molecule has 1 N–H and O–H groups in total. The summed E-state index contributed by atoms with van der Waals surface area (Å²) in [7, 11) is 0. The highest BCUT2D eigenvalue weighted by Crippen LogP contribution is 2.26. The maximum absolute atomic E-state index is 10.9. The first-order valence-electron chi connectivity index (χ1n) is 6.00. The van der Waals surface area contributed by atoms with Crippen molar-refractivity contribution in [1.29, 1.82) is 0 Å². The minimum Gasteiger partial charge on any atom is -0.308 e. The van der Waals surface area contributed by atoms with E-state index < -0.39 is 4.92 Å². The van der Waals surface area contributed by atoms with Crippen LogP contribution in [0.1, 0.15) is 25.7 Å². The summed E-state index contributed by atoms with van der Waals surface area (Å²) in [5.74, 6) is 0.591. The number of tetrazole rings is 1. The van der Waals surface area contributed by atoms with Gasteiger partial charge in [0.1, 0.15) is 0 Å². The largest absolute Gasteiger partial charge is 0.308 e. The van der Waals surface area contributed by atoms with Crippen molar-refractivity contribution in [3.05, 3.63) is 38.6 Å². The number of halogens is 1. The number of non-ortho nitro benzene ring substituents is 1. The molecule has 0 saturated carbocycles. The predicted octanol–water partition coefficient (Wildman–Crippen LogP) is 2.00. The number of rotatable bonds is 5. The fourth-order valence-corrected chi connectivity index (χ4v) is 2.22. The minimum absolute atomic E-state index is 0.0132. The van der Waals surface area contributed by atoms with Gasteiger partial charge >= 0.3 is 0 Å². The molecule has 0 amide bonds. The van der Waals surface area contributed by atoms with Crippen molar-refractivity contribution in [2.45, 2.75) is 19.9 Å². The summed E-state index contributed by atoms with van der Waals surface area (Å²) < 4.78 is 2.17. The number of nitrogens with zero attached hydrogens (tertiary/aromatic N) is 5. The number of hydrogen-bond acceptors (Lipinski definition) is 6. The van der Waals surface area contributed by atoms with E-state index in [9.17, 15) is 10.1 Å². The van der Waals surface area contributed by atoms with Gasteiger partial charge in [-0.2, -0.15) is 4.68 Å². The second-order valence-electron chi connectivity index (χ2n) is 4.12. The first-order valence-corrected chi connectivity index (χ1v) is 6.79. The molecule has 0 aliphatic heterocycles. The average molecular weight is 341 g/mol. The number of nitrogens with one attached hydrogen (secondary N) is 1. The van der Waals surface area contributed by atoms with Gasteiger partial charge in [0.2, 0.25) is 0 Å². The van der Waals surface area contributed by atoms with Crippen LogP contribution in [-0.2, 0) is 0 Å². The van der Waals surface area contributed by atoms with E-state index in [0.717, 1.165) is 6.54 Å². The molecule has 0 bridgehead atoms. The van der Waals surface area contributed by atoms with Crippen molar-refractivity contribution >= 4 is 21.6 Å². The third kappa shape index (κ3) is 2.83. The summed E-state index contributed by atoms with van der Waals surface area (Å²) in [4.78, 5) is 10.4. The Morgan fingerprint density at radius 2 is 2.30 bits per heavy atom. The van der Waals surface area contributed by atoms with Gasteiger partial charge in [-0.15, -0.1) is 5.10 Å². The number of aromatic nitrogens is 4. The van der Waals surface area contributed by atoms with Gasteiger partial charge in [0.25, 0.3) is 5.69 Å². The Labute approximate surface area is 123 Å². The van der Waals surface area contributed by atoms with Crippen LogP contribution >= 0.6 is 15.9 Å². The van der Waals surface area contributed by atoms with Crippen LogP contribution in [0.25, 0.3) is 5.69 Å². The summed E-state index contributed by atoms with van der Waals surface area (Å²) >= 11 is 3.36. The molecule has 2 rings (SSSR count). The zero-order valence-corrected chi connectivity index (χ0v) is 12.5. The van der Waals surface area contributed by atoms with Crippen LogP contribution in [0.2, 0.25) is 0 Å². The van der Waals surface area contributed by atoms with Gasteiger partial charge in [-0.25, -0.2) is 0 Å². The van der Waals surface area contributed by atoms with Gasteiger partial charge < -0.3 is 5.32 Å². The Morgan fingerprint density at radius 1 is 1.55 bits per heavy atom. The first-order chi connectivity index (χ1) is 9.54. The number of hydrogen-bond donors (Lipinski definition) is 1. The van der Waals surface area contributed by atoms with Crippen LogP contribution in [0.4, 0.5) is 5.69 Å². The molecule has 106 valence electrons. The predicted molar refractivity (Wildman–Crippen MR) is 75.6 cm³/mol. The maximum Gasteiger partial charge on any atom is 0.271 e. The van der Waals surface area contributed by atoms with E-state index in [4.69, 9.17) is 0 Å². The lowest BCUT2D eigenvalue weighted by atomic mass is 10.2. The third-order valence-corrected chi connectivity index (χ3v) is 3.43. The Balaban J connectivity index is 2.49. The van der Waals surface area contributed by atoms with E-state index in [2.05, 4.69) is 36.8 Å². The molecular weight excluding hydrogens is 328 g/mol.